The fourth-order valence-corrected chi connectivity index (χ4v) is 3.34. The summed E-state index contributed by atoms with van der Waals surface area (Å²) in [4.78, 5) is 16.4. The normalized spacial score (nSPS) is 33.4. The van der Waals surface area contributed by atoms with Gasteiger partial charge in [0.1, 0.15) is 5.82 Å². The monoisotopic (exact) mass is 261 g/mol. The number of aromatic nitrogens is 3. The van der Waals surface area contributed by atoms with E-state index in [1.165, 1.54) is 12.8 Å². The lowest BCUT2D eigenvalue weighted by Crippen LogP contribution is -2.48. The Morgan fingerprint density at radius 2 is 1.89 bits per heavy atom. The van der Waals surface area contributed by atoms with E-state index in [0.717, 1.165) is 31.5 Å². The van der Waals surface area contributed by atoms with Crippen molar-refractivity contribution in [2.75, 3.05) is 0 Å². The second kappa shape index (κ2) is 4.30. The van der Waals surface area contributed by atoms with Gasteiger partial charge in [0.25, 0.3) is 5.91 Å². The minimum Gasteiger partial charge on any atom is -0.346 e. The van der Waals surface area contributed by atoms with Gasteiger partial charge in [-0.25, -0.2) is 4.98 Å². The van der Waals surface area contributed by atoms with Gasteiger partial charge in [0.15, 0.2) is 0 Å². The van der Waals surface area contributed by atoms with Gasteiger partial charge in [-0.15, -0.1) is 5.10 Å². The highest BCUT2D eigenvalue weighted by atomic mass is 16.2. The molecule has 2 aliphatic heterocycles. The number of nitrogens with zero attached hydrogens (tertiary/aromatic N) is 2. The van der Waals surface area contributed by atoms with Crippen LogP contribution in [0.5, 0.6) is 0 Å². The molecule has 2 atom stereocenters. The molecule has 3 heterocycles. The van der Waals surface area contributed by atoms with Crippen molar-refractivity contribution in [3.8, 4) is 0 Å². The van der Waals surface area contributed by atoms with Crippen molar-refractivity contribution in [1.29, 1.82) is 0 Å². The number of amides is 1. The van der Waals surface area contributed by atoms with E-state index in [-0.39, 0.29) is 11.9 Å². The molecule has 0 radical (unpaired) electrons. The molecule has 1 aromatic heterocycles. The Morgan fingerprint density at radius 3 is 2.58 bits per heavy atom. The van der Waals surface area contributed by atoms with E-state index in [1.54, 1.807) is 0 Å². The highest BCUT2D eigenvalue weighted by Crippen LogP contribution is 2.37. The van der Waals surface area contributed by atoms with Crippen LogP contribution < -0.4 is 10.6 Å². The fraction of sp³-hybridized carbons (Fsp3) is 0.769. The molecule has 1 aliphatic carbocycles. The van der Waals surface area contributed by atoms with E-state index >= 15 is 0 Å². The number of carbonyl (C=O) groups excluding carboxylic acids is 1. The van der Waals surface area contributed by atoms with Crippen LogP contribution in [0, 0.1) is 0 Å². The summed E-state index contributed by atoms with van der Waals surface area (Å²) in [5, 5.41) is 13.6. The van der Waals surface area contributed by atoms with Gasteiger partial charge >= 0.3 is 0 Å². The number of aromatic amines is 1. The third kappa shape index (κ3) is 2.25. The quantitative estimate of drug-likeness (QED) is 0.748. The second-order valence-electron chi connectivity index (χ2n) is 6.10. The van der Waals surface area contributed by atoms with Gasteiger partial charge in [0, 0.05) is 24.0 Å². The Bertz CT molecular complexity index is 483. The summed E-state index contributed by atoms with van der Waals surface area (Å²) < 4.78 is 0. The minimum absolute atomic E-state index is 0.130. The van der Waals surface area contributed by atoms with Crippen LogP contribution in [0.2, 0.25) is 0 Å². The Morgan fingerprint density at radius 1 is 1.16 bits per heavy atom. The van der Waals surface area contributed by atoms with Gasteiger partial charge in [0.05, 0.1) is 0 Å². The largest absolute Gasteiger partial charge is 0.346 e. The smallest absolute Gasteiger partial charge is 0.291 e. The molecule has 0 spiro atoms. The van der Waals surface area contributed by atoms with Gasteiger partial charge in [-0.1, -0.05) is 0 Å². The zero-order valence-electron chi connectivity index (χ0n) is 10.9. The lowest BCUT2D eigenvalue weighted by Gasteiger charge is -2.29. The first kappa shape index (κ1) is 11.4. The molecule has 1 aromatic rings. The molecule has 1 saturated carbocycles. The molecule has 6 heteroatoms. The van der Waals surface area contributed by atoms with Crippen LogP contribution in [0.15, 0.2) is 0 Å². The molecule has 2 unspecified atom stereocenters. The first-order valence-corrected chi connectivity index (χ1v) is 7.27. The molecule has 102 valence electrons. The number of fused-ring (bicyclic) bond motifs is 2. The lowest BCUT2D eigenvalue weighted by molar-refractivity contribution is 0.0913. The molecule has 6 nitrogen and oxygen atoms in total. The van der Waals surface area contributed by atoms with Crippen molar-refractivity contribution in [2.24, 2.45) is 0 Å². The Balaban J connectivity index is 1.40. The predicted molar refractivity (Wildman–Crippen MR) is 68.8 cm³/mol. The number of hydrogen-bond donors (Lipinski definition) is 3. The highest BCUT2D eigenvalue weighted by molar-refractivity contribution is 5.90. The van der Waals surface area contributed by atoms with Crippen LogP contribution in [0.25, 0.3) is 0 Å². The molecule has 3 fully saturated rings. The summed E-state index contributed by atoms with van der Waals surface area (Å²) in [5.41, 5.74) is 0. The number of nitrogens with one attached hydrogen (secondary N) is 3. The average Bonchev–Trinajstić information content (AvgIpc) is 3.03. The first-order valence-electron chi connectivity index (χ1n) is 7.27. The summed E-state index contributed by atoms with van der Waals surface area (Å²) in [6.07, 6.45) is 6.86. The SMILES string of the molecule is O=C(NC1CC2CCC(C1)N2)c1n[nH]c(C2CC2)n1. The van der Waals surface area contributed by atoms with Crippen molar-refractivity contribution >= 4 is 5.91 Å². The first-order chi connectivity index (χ1) is 9.28. The maximum atomic E-state index is 12.1. The lowest BCUT2D eigenvalue weighted by atomic mass is 10.00. The number of H-pyrrole nitrogens is 1. The average molecular weight is 261 g/mol. The maximum Gasteiger partial charge on any atom is 0.291 e. The number of hydrogen-bond acceptors (Lipinski definition) is 4. The Hall–Kier alpha value is -1.43. The minimum atomic E-state index is -0.130. The van der Waals surface area contributed by atoms with Crippen molar-refractivity contribution in [1.82, 2.24) is 25.8 Å². The fourth-order valence-electron chi connectivity index (χ4n) is 3.34. The van der Waals surface area contributed by atoms with Crippen LogP contribution >= 0.6 is 0 Å². The van der Waals surface area contributed by atoms with Crippen molar-refractivity contribution in [3.05, 3.63) is 11.6 Å². The van der Waals surface area contributed by atoms with E-state index in [0.29, 0.717) is 23.8 Å². The van der Waals surface area contributed by atoms with Crippen LogP contribution in [0.1, 0.15) is 60.9 Å². The Kier molecular flexibility index (Phi) is 2.58. The van der Waals surface area contributed by atoms with Crippen LogP contribution in [0.3, 0.4) is 0 Å². The summed E-state index contributed by atoms with van der Waals surface area (Å²) in [6.45, 7) is 0. The van der Waals surface area contributed by atoms with E-state index in [9.17, 15) is 4.79 Å². The van der Waals surface area contributed by atoms with E-state index in [2.05, 4.69) is 25.8 Å². The molecular formula is C13H19N5O. The summed E-state index contributed by atoms with van der Waals surface area (Å²) >= 11 is 0. The van der Waals surface area contributed by atoms with Crippen LogP contribution in [-0.2, 0) is 0 Å². The molecule has 2 bridgehead atoms. The third-order valence-electron chi connectivity index (χ3n) is 4.48. The van der Waals surface area contributed by atoms with Gasteiger partial charge in [-0.3, -0.25) is 9.89 Å². The third-order valence-corrected chi connectivity index (χ3v) is 4.48. The highest BCUT2D eigenvalue weighted by Gasteiger charge is 2.35. The van der Waals surface area contributed by atoms with Crippen molar-refractivity contribution in [3.63, 3.8) is 0 Å². The summed E-state index contributed by atoms with van der Waals surface area (Å²) in [7, 11) is 0. The van der Waals surface area contributed by atoms with Gasteiger partial charge in [-0.2, -0.15) is 0 Å². The molecule has 1 amide bonds. The summed E-state index contributed by atoms with van der Waals surface area (Å²) in [5.74, 6) is 1.54. The molecule has 19 heavy (non-hydrogen) atoms. The van der Waals surface area contributed by atoms with Crippen LogP contribution in [-0.4, -0.2) is 39.2 Å². The van der Waals surface area contributed by atoms with E-state index < -0.39 is 0 Å². The summed E-state index contributed by atoms with van der Waals surface area (Å²) in [6, 6.07) is 1.44. The number of rotatable bonds is 3. The van der Waals surface area contributed by atoms with Gasteiger partial charge in [0.2, 0.25) is 5.82 Å². The number of carbonyl (C=O) groups is 1. The predicted octanol–water partition coefficient (Wildman–Crippen LogP) is 0.695. The molecule has 3 aliphatic rings. The van der Waals surface area contributed by atoms with E-state index in [1.807, 2.05) is 0 Å². The van der Waals surface area contributed by atoms with Gasteiger partial charge in [-0.05, 0) is 38.5 Å². The van der Waals surface area contributed by atoms with Gasteiger partial charge < -0.3 is 10.6 Å². The molecule has 2 saturated heterocycles. The second-order valence-corrected chi connectivity index (χ2v) is 6.10. The molecular weight excluding hydrogens is 242 g/mol. The van der Waals surface area contributed by atoms with Crippen molar-refractivity contribution in [2.45, 2.75) is 62.6 Å². The van der Waals surface area contributed by atoms with Crippen LogP contribution in [0.4, 0.5) is 0 Å². The molecule has 3 N–H and O–H groups in total. The zero-order chi connectivity index (χ0) is 12.8. The van der Waals surface area contributed by atoms with Crippen molar-refractivity contribution < 1.29 is 4.79 Å². The maximum absolute atomic E-state index is 12.1. The Labute approximate surface area is 111 Å². The standard InChI is InChI=1S/C13H19N5O/c19-13(12-16-11(17-18-12)7-1-2-7)15-10-5-8-3-4-9(6-10)14-8/h7-10,14H,1-6H2,(H,15,19)(H,16,17,18). The molecule has 0 aromatic carbocycles. The van der Waals surface area contributed by atoms with E-state index in [4.69, 9.17) is 0 Å². The number of piperidine rings is 1. The zero-order valence-corrected chi connectivity index (χ0v) is 10.9. The molecule has 4 rings (SSSR count). The topological polar surface area (TPSA) is 82.7 Å².